The summed E-state index contributed by atoms with van der Waals surface area (Å²) in [5.41, 5.74) is 0.809. The van der Waals surface area contributed by atoms with Gasteiger partial charge in [0, 0.05) is 0 Å². The Bertz CT molecular complexity index is 151. The summed E-state index contributed by atoms with van der Waals surface area (Å²) in [4.78, 5) is 0. The van der Waals surface area contributed by atoms with Crippen molar-refractivity contribution in [2.45, 2.75) is 32.6 Å². The molecule has 1 heteroatoms. The molecule has 0 aromatic rings. The van der Waals surface area contributed by atoms with E-state index in [9.17, 15) is 0 Å². The zero-order valence-electron chi connectivity index (χ0n) is 7.69. The molecule has 0 aromatic heterocycles. The van der Waals surface area contributed by atoms with Crippen molar-refractivity contribution in [3.63, 3.8) is 0 Å². The Morgan fingerprint density at radius 3 is 2.64 bits per heavy atom. The van der Waals surface area contributed by atoms with Gasteiger partial charge in [-0.1, -0.05) is 6.92 Å². The smallest absolute Gasteiger partial charge is 0.00179 e. The first-order chi connectivity index (χ1) is 5.33. The van der Waals surface area contributed by atoms with E-state index < -0.39 is 0 Å². The van der Waals surface area contributed by atoms with Crippen molar-refractivity contribution in [3.05, 3.63) is 0 Å². The minimum absolute atomic E-state index is 0.809. The summed E-state index contributed by atoms with van der Waals surface area (Å²) in [7, 11) is 2.08. The SMILES string of the molecule is CCC1(C2CC2)CC1CNC. The van der Waals surface area contributed by atoms with E-state index in [0.29, 0.717) is 0 Å². The van der Waals surface area contributed by atoms with Crippen molar-refractivity contribution in [2.24, 2.45) is 17.3 Å². The van der Waals surface area contributed by atoms with Crippen LogP contribution in [0.1, 0.15) is 32.6 Å². The Hall–Kier alpha value is -0.0400. The minimum Gasteiger partial charge on any atom is -0.319 e. The molecule has 0 aromatic carbocycles. The molecule has 2 unspecified atom stereocenters. The average Bonchev–Trinajstić information content (AvgIpc) is 2.82. The first-order valence-corrected chi connectivity index (χ1v) is 4.98. The maximum absolute atomic E-state index is 3.30. The average molecular weight is 153 g/mol. The van der Waals surface area contributed by atoms with Crippen molar-refractivity contribution in [2.75, 3.05) is 13.6 Å². The van der Waals surface area contributed by atoms with Gasteiger partial charge in [0.1, 0.15) is 0 Å². The molecule has 0 radical (unpaired) electrons. The summed E-state index contributed by atoms with van der Waals surface area (Å²) in [5, 5.41) is 3.30. The lowest BCUT2D eigenvalue weighted by atomic mass is 9.94. The maximum Gasteiger partial charge on any atom is -0.00179 e. The van der Waals surface area contributed by atoms with E-state index >= 15 is 0 Å². The van der Waals surface area contributed by atoms with E-state index in [1.54, 1.807) is 0 Å². The van der Waals surface area contributed by atoms with Crippen molar-refractivity contribution < 1.29 is 0 Å². The second kappa shape index (κ2) is 2.48. The fourth-order valence-electron chi connectivity index (χ4n) is 2.80. The zero-order chi connectivity index (χ0) is 7.90. The third-order valence-electron chi connectivity index (χ3n) is 3.78. The van der Waals surface area contributed by atoms with Crippen LogP contribution in [0.3, 0.4) is 0 Å². The lowest BCUT2D eigenvalue weighted by molar-refractivity contribution is 0.374. The van der Waals surface area contributed by atoms with Gasteiger partial charge in [0.05, 0.1) is 0 Å². The van der Waals surface area contributed by atoms with Gasteiger partial charge in [0.25, 0.3) is 0 Å². The second-order valence-corrected chi connectivity index (χ2v) is 4.32. The largest absolute Gasteiger partial charge is 0.319 e. The molecule has 2 rings (SSSR count). The normalized spacial score (nSPS) is 42.5. The van der Waals surface area contributed by atoms with Gasteiger partial charge in [-0.25, -0.2) is 0 Å². The molecule has 2 fully saturated rings. The van der Waals surface area contributed by atoms with Gasteiger partial charge in [-0.2, -0.15) is 0 Å². The number of hydrogen-bond donors (Lipinski definition) is 1. The third kappa shape index (κ3) is 1.10. The number of nitrogens with one attached hydrogen (secondary N) is 1. The molecule has 1 nitrogen and oxygen atoms in total. The van der Waals surface area contributed by atoms with Crippen molar-refractivity contribution in [1.82, 2.24) is 5.32 Å². The van der Waals surface area contributed by atoms with Gasteiger partial charge < -0.3 is 5.32 Å². The Labute approximate surface area is 69.6 Å². The summed E-state index contributed by atoms with van der Waals surface area (Å²) in [6.45, 7) is 3.62. The van der Waals surface area contributed by atoms with Crippen LogP contribution in [0.15, 0.2) is 0 Å². The van der Waals surface area contributed by atoms with Crippen molar-refractivity contribution in [1.29, 1.82) is 0 Å². The van der Waals surface area contributed by atoms with Gasteiger partial charge in [0.2, 0.25) is 0 Å². The molecule has 2 aliphatic carbocycles. The highest BCUT2D eigenvalue weighted by atomic mass is 14.9. The minimum atomic E-state index is 0.809. The van der Waals surface area contributed by atoms with Crippen LogP contribution in [0.2, 0.25) is 0 Å². The van der Waals surface area contributed by atoms with Crippen LogP contribution in [-0.2, 0) is 0 Å². The Kier molecular flexibility index (Phi) is 1.71. The van der Waals surface area contributed by atoms with Crippen molar-refractivity contribution in [3.8, 4) is 0 Å². The van der Waals surface area contributed by atoms with Gasteiger partial charge in [-0.3, -0.25) is 0 Å². The van der Waals surface area contributed by atoms with Gasteiger partial charge in [-0.05, 0) is 56.5 Å². The van der Waals surface area contributed by atoms with Crippen LogP contribution in [0.25, 0.3) is 0 Å². The Morgan fingerprint density at radius 1 is 1.45 bits per heavy atom. The predicted molar refractivity (Wildman–Crippen MR) is 47.5 cm³/mol. The highest BCUT2D eigenvalue weighted by molar-refractivity contribution is 5.09. The molecule has 2 saturated carbocycles. The van der Waals surface area contributed by atoms with Crippen molar-refractivity contribution >= 4 is 0 Å². The van der Waals surface area contributed by atoms with Crippen LogP contribution in [0, 0.1) is 17.3 Å². The molecule has 0 heterocycles. The quantitative estimate of drug-likeness (QED) is 0.651. The van der Waals surface area contributed by atoms with Crippen LogP contribution >= 0.6 is 0 Å². The lowest BCUT2D eigenvalue weighted by Gasteiger charge is -2.13. The topological polar surface area (TPSA) is 12.0 Å². The molecule has 0 aliphatic heterocycles. The maximum atomic E-state index is 3.30. The molecule has 0 spiro atoms. The van der Waals surface area contributed by atoms with E-state index in [1.807, 2.05) is 0 Å². The van der Waals surface area contributed by atoms with E-state index in [2.05, 4.69) is 19.3 Å². The third-order valence-corrected chi connectivity index (χ3v) is 3.78. The van der Waals surface area contributed by atoms with E-state index in [-0.39, 0.29) is 0 Å². The fraction of sp³-hybridized carbons (Fsp3) is 1.00. The van der Waals surface area contributed by atoms with Crippen LogP contribution in [-0.4, -0.2) is 13.6 Å². The molecule has 64 valence electrons. The number of hydrogen-bond acceptors (Lipinski definition) is 1. The molecule has 0 bridgehead atoms. The Balaban J connectivity index is 1.89. The molecule has 0 saturated heterocycles. The van der Waals surface area contributed by atoms with E-state index in [4.69, 9.17) is 0 Å². The Morgan fingerprint density at radius 2 is 2.18 bits per heavy atom. The standard InChI is InChI=1S/C10H19N/c1-3-10(8-4-5-8)6-9(10)7-11-2/h8-9,11H,3-7H2,1-2H3. The number of rotatable bonds is 4. The molecular weight excluding hydrogens is 134 g/mol. The van der Waals surface area contributed by atoms with Gasteiger partial charge in [0.15, 0.2) is 0 Å². The fourth-order valence-corrected chi connectivity index (χ4v) is 2.80. The van der Waals surface area contributed by atoms with Crippen LogP contribution in [0.5, 0.6) is 0 Å². The van der Waals surface area contributed by atoms with Crippen LogP contribution < -0.4 is 5.32 Å². The summed E-state index contributed by atoms with van der Waals surface area (Å²) in [5.74, 6) is 2.14. The first-order valence-electron chi connectivity index (χ1n) is 4.98. The molecule has 11 heavy (non-hydrogen) atoms. The summed E-state index contributed by atoms with van der Waals surface area (Å²) in [6.07, 6.45) is 5.97. The second-order valence-electron chi connectivity index (χ2n) is 4.32. The highest BCUT2D eigenvalue weighted by Crippen LogP contribution is 2.66. The predicted octanol–water partition coefficient (Wildman–Crippen LogP) is 2.03. The lowest BCUT2D eigenvalue weighted by Crippen LogP contribution is -2.16. The van der Waals surface area contributed by atoms with Gasteiger partial charge >= 0.3 is 0 Å². The molecule has 0 amide bonds. The molecule has 2 atom stereocenters. The summed E-state index contributed by atoms with van der Waals surface area (Å²) >= 11 is 0. The highest BCUT2D eigenvalue weighted by Gasteiger charge is 2.59. The summed E-state index contributed by atoms with van der Waals surface area (Å²) in [6, 6.07) is 0. The van der Waals surface area contributed by atoms with E-state index in [1.165, 1.54) is 32.2 Å². The monoisotopic (exact) mass is 153 g/mol. The van der Waals surface area contributed by atoms with E-state index in [0.717, 1.165) is 17.3 Å². The zero-order valence-corrected chi connectivity index (χ0v) is 7.69. The molecular formula is C10H19N. The molecule has 1 N–H and O–H groups in total. The summed E-state index contributed by atoms with van der Waals surface area (Å²) < 4.78 is 0. The van der Waals surface area contributed by atoms with Crippen LogP contribution in [0.4, 0.5) is 0 Å². The molecule has 2 aliphatic rings. The first kappa shape index (κ1) is 7.60. The van der Waals surface area contributed by atoms with Gasteiger partial charge in [-0.15, -0.1) is 0 Å².